The summed E-state index contributed by atoms with van der Waals surface area (Å²) < 4.78 is 62.0. The lowest BCUT2D eigenvalue weighted by Gasteiger charge is -2.13. The minimum atomic E-state index is -4.63. The Morgan fingerprint density at radius 2 is 1.60 bits per heavy atom. The number of benzene rings is 3. The molecule has 3 aromatic rings. The third-order valence-corrected chi connectivity index (χ3v) is 5.67. The van der Waals surface area contributed by atoms with Gasteiger partial charge in [-0.25, -0.2) is 4.99 Å². The Morgan fingerprint density at radius 1 is 1.00 bits per heavy atom. The van der Waals surface area contributed by atoms with Gasteiger partial charge in [0, 0.05) is 28.8 Å². The first-order chi connectivity index (χ1) is 16.6. The highest BCUT2D eigenvalue weighted by molar-refractivity contribution is 7.79. The summed E-state index contributed by atoms with van der Waals surface area (Å²) in [5.41, 5.74) is 0.181. The molecule has 11 heteroatoms. The van der Waals surface area contributed by atoms with Crippen molar-refractivity contribution >= 4 is 45.7 Å². The summed E-state index contributed by atoms with van der Waals surface area (Å²) in [5.74, 6) is -0.487. The van der Waals surface area contributed by atoms with E-state index in [2.05, 4.69) is 15.6 Å². The van der Waals surface area contributed by atoms with Crippen LogP contribution in [-0.2, 0) is 11.1 Å². The molecule has 0 saturated carbocycles. The zero-order chi connectivity index (χ0) is 25.6. The molecule has 1 unspecified atom stereocenters. The van der Waals surface area contributed by atoms with Gasteiger partial charge in [-0.05, 0) is 65.7 Å². The number of rotatable bonds is 7. The second-order valence-corrected chi connectivity index (χ2v) is 8.39. The number of nitrogens with one attached hydrogen (secondary N) is 2. The van der Waals surface area contributed by atoms with E-state index in [1.807, 2.05) is 0 Å². The van der Waals surface area contributed by atoms with Crippen LogP contribution in [0.25, 0.3) is 0 Å². The van der Waals surface area contributed by atoms with Gasteiger partial charge in [0.2, 0.25) is 0 Å². The van der Waals surface area contributed by atoms with Crippen molar-refractivity contribution in [2.45, 2.75) is 11.1 Å². The summed E-state index contributed by atoms with van der Waals surface area (Å²) in [7, 11) is 1.15. The summed E-state index contributed by atoms with van der Waals surface area (Å²) in [6.45, 7) is 0. The molecule has 182 valence electrons. The number of amides is 1. The van der Waals surface area contributed by atoms with Crippen LogP contribution in [0.3, 0.4) is 0 Å². The maximum Gasteiger partial charge on any atom is 0.430 e. The fourth-order valence-corrected chi connectivity index (χ4v) is 3.47. The Hall–Kier alpha value is -3.47. The van der Waals surface area contributed by atoms with Gasteiger partial charge in [0.05, 0.1) is 16.4 Å². The van der Waals surface area contributed by atoms with Gasteiger partial charge in [0.25, 0.3) is 5.91 Å². The van der Waals surface area contributed by atoms with Gasteiger partial charge in [-0.15, -0.1) is 0 Å². The van der Waals surface area contributed by atoms with Crippen molar-refractivity contribution < 1.29 is 26.7 Å². The van der Waals surface area contributed by atoms with Gasteiger partial charge < -0.3 is 15.2 Å². The molecule has 0 heterocycles. The van der Waals surface area contributed by atoms with Crippen LogP contribution < -0.4 is 10.6 Å². The van der Waals surface area contributed by atoms with Gasteiger partial charge in [-0.2, -0.15) is 13.2 Å². The second kappa shape index (κ2) is 11.3. The van der Waals surface area contributed by atoms with Crippen LogP contribution in [0.4, 0.5) is 24.5 Å². The van der Waals surface area contributed by atoms with Crippen LogP contribution in [-0.4, -0.2) is 33.6 Å². The third kappa shape index (κ3) is 7.01. The van der Waals surface area contributed by atoms with Gasteiger partial charge in [-0.3, -0.25) is 9.00 Å². The van der Waals surface area contributed by atoms with Gasteiger partial charge >= 0.3 is 6.18 Å². The van der Waals surface area contributed by atoms with Crippen LogP contribution in [0, 0.1) is 0 Å². The maximum atomic E-state index is 13.4. The van der Waals surface area contributed by atoms with Crippen LogP contribution in [0.2, 0.25) is 5.02 Å². The molecule has 2 N–H and O–H groups in total. The molecule has 0 spiro atoms. The number of halogens is 4. The molecule has 0 fully saturated rings. The molecule has 3 aromatic carbocycles. The third-order valence-electron chi connectivity index (χ3n) is 4.70. The fourth-order valence-electron chi connectivity index (χ4n) is 2.93. The number of hydrogen-bond acceptors (Lipinski definition) is 5. The SMILES string of the molecule is CNC(=CC(=Nc1ccccc1Cl)c1ccc(C(=O)Nc2ccc(S(=O)[O-])cc2)cc1)C(F)(F)F. The van der Waals surface area contributed by atoms with Crippen LogP contribution in [0.5, 0.6) is 0 Å². The number of alkyl halides is 3. The van der Waals surface area contributed by atoms with Crippen LogP contribution >= 0.6 is 11.6 Å². The Morgan fingerprint density at radius 3 is 2.14 bits per heavy atom. The van der Waals surface area contributed by atoms with Gasteiger partial charge in [0.1, 0.15) is 5.70 Å². The van der Waals surface area contributed by atoms with Crippen molar-refractivity contribution in [2.75, 3.05) is 12.4 Å². The summed E-state index contributed by atoms with van der Waals surface area (Å²) >= 11 is 3.75. The molecule has 6 nitrogen and oxygen atoms in total. The molecule has 35 heavy (non-hydrogen) atoms. The van der Waals surface area contributed by atoms with E-state index in [4.69, 9.17) is 11.6 Å². The highest BCUT2D eigenvalue weighted by Gasteiger charge is 2.33. The predicted octanol–water partition coefficient (Wildman–Crippen LogP) is 5.62. The topological polar surface area (TPSA) is 93.6 Å². The lowest BCUT2D eigenvalue weighted by Crippen LogP contribution is -2.24. The minimum Gasteiger partial charge on any atom is -0.768 e. The number of carbonyl (C=O) groups is 1. The molecule has 1 amide bonds. The summed E-state index contributed by atoms with van der Waals surface area (Å²) in [6, 6.07) is 17.8. The molecule has 0 saturated heterocycles. The van der Waals surface area contributed by atoms with E-state index in [0.717, 1.165) is 13.1 Å². The van der Waals surface area contributed by atoms with Gasteiger partial charge in [-0.1, -0.05) is 35.9 Å². The monoisotopic (exact) mass is 520 g/mol. The first kappa shape index (κ1) is 26.1. The van der Waals surface area contributed by atoms with E-state index in [9.17, 15) is 26.7 Å². The number of allylic oxidation sites excluding steroid dienone is 2. The minimum absolute atomic E-state index is 0.0204. The van der Waals surface area contributed by atoms with Crippen LogP contribution in [0.1, 0.15) is 15.9 Å². The maximum absolute atomic E-state index is 13.4. The number of para-hydroxylation sites is 1. The zero-order valence-corrected chi connectivity index (χ0v) is 19.7. The fraction of sp³-hybridized carbons (Fsp3) is 0.0833. The Balaban J connectivity index is 1.92. The van der Waals surface area contributed by atoms with E-state index in [0.29, 0.717) is 11.3 Å². The highest BCUT2D eigenvalue weighted by Crippen LogP contribution is 2.27. The van der Waals surface area contributed by atoms with Crippen molar-refractivity contribution in [3.8, 4) is 0 Å². The molecule has 0 aliphatic rings. The standard InChI is InChI=1S/C24H19ClF3N3O3S/c1-29-22(24(26,27)28)14-21(31-20-5-3-2-4-19(20)25)15-6-8-16(9-7-15)23(32)30-17-10-12-18(13-11-17)35(33)34/h2-14,29H,1H3,(H,30,32)(H,33,34)/p-1. The van der Waals surface area contributed by atoms with Crippen molar-refractivity contribution in [1.82, 2.24) is 5.32 Å². The van der Waals surface area contributed by atoms with E-state index in [1.54, 1.807) is 24.3 Å². The molecule has 0 radical (unpaired) electrons. The van der Waals surface area contributed by atoms with Crippen molar-refractivity contribution in [2.24, 2.45) is 4.99 Å². The Kier molecular flexibility index (Phi) is 8.44. The predicted molar refractivity (Wildman–Crippen MR) is 129 cm³/mol. The molecule has 0 bridgehead atoms. The average Bonchev–Trinajstić information content (AvgIpc) is 2.82. The molecule has 0 aliphatic heterocycles. The van der Waals surface area contributed by atoms with Crippen molar-refractivity contribution in [3.63, 3.8) is 0 Å². The summed E-state index contributed by atoms with van der Waals surface area (Å²) in [5, 5.41) is 5.02. The highest BCUT2D eigenvalue weighted by atomic mass is 35.5. The smallest absolute Gasteiger partial charge is 0.430 e. The lowest BCUT2D eigenvalue weighted by molar-refractivity contribution is -0.0958. The molecular formula is C24H18ClF3N3O3S-. The van der Waals surface area contributed by atoms with Crippen molar-refractivity contribution in [1.29, 1.82) is 0 Å². The average molecular weight is 521 g/mol. The van der Waals surface area contributed by atoms with Crippen molar-refractivity contribution in [3.05, 3.63) is 101 Å². The molecule has 1 atom stereocenters. The molecule has 0 aliphatic carbocycles. The quantitative estimate of drug-likeness (QED) is 0.312. The Labute approximate surface area is 206 Å². The number of aliphatic imine (C=N–C) groups is 1. The summed E-state index contributed by atoms with van der Waals surface area (Å²) in [4.78, 5) is 16.9. The second-order valence-electron chi connectivity index (χ2n) is 7.04. The van der Waals surface area contributed by atoms with Gasteiger partial charge in [0.15, 0.2) is 0 Å². The first-order valence-electron chi connectivity index (χ1n) is 9.99. The number of nitrogens with zero attached hydrogens (tertiary/aromatic N) is 1. The summed E-state index contributed by atoms with van der Waals surface area (Å²) in [6.07, 6.45) is -3.77. The largest absolute Gasteiger partial charge is 0.768 e. The lowest BCUT2D eigenvalue weighted by atomic mass is 10.1. The molecular weight excluding hydrogens is 503 g/mol. The number of anilines is 1. The first-order valence-corrected chi connectivity index (χ1v) is 11.4. The Bertz CT molecular complexity index is 1290. The molecule has 0 aromatic heterocycles. The zero-order valence-electron chi connectivity index (χ0n) is 18.1. The van der Waals surface area contributed by atoms with E-state index < -0.39 is 28.9 Å². The van der Waals surface area contributed by atoms with E-state index >= 15 is 0 Å². The van der Waals surface area contributed by atoms with E-state index in [1.165, 1.54) is 48.5 Å². The number of hydrogen-bond donors (Lipinski definition) is 2. The normalized spacial score (nSPS) is 13.3. The van der Waals surface area contributed by atoms with E-state index in [-0.39, 0.29) is 26.9 Å². The molecule has 3 rings (SSSR count). The number of carbonyl (C=O) groups excluding carboxylic acids is 1. The van der Waals surface area contributed by atoms with Crippen LogP contribution in [0.15, 0.2) is 94.5 Å².